The minimum atomic E-state index is -3.67. The van der Waals surface area contributed by atoms with E-state index in [9.17, 15) is 8.42 Å². The van der Waals surface area contributed by atoms with Gasteiger partial charge in [0.25, 0.3) is 0 Å². The lowest BCUT2D eigenvalue weighted by Crippen LogP contribution is -2.51. The van der Waals surface area contributed by atoms with E-state index >= 15 is 0 Å². The SMILES string of the molecule is Cc1oc(CO)cc1S(=O)(=O)NC1(C)CCCOC1. The summed E-state index contributed by atoms with van der Waals surface area (Å²) < 4.78 is 37.9. The van der Waals surface area contributed by atoms with E-state index in [4.69, 9.17) is 14.3 Å². The van der Waals surface area contributed by atoms with Crippen molar-refractivity contribution in [1.82, 2.24) is 4.72 Å². The van der Waals surface area contributed by atoms with Crippen LogP contribution in [0, 0.1) is 6.92 Å². The molecule has 0 bridgehead atoms. The van der Waals surface area contributed by atoms with E-state index in [-0.39, 0.29) is 23.0 Å². The van der Waals surface area contributed by atoms with Crippen LogP contribution in [0.15, 0.2) is 15.4 Å². The third kappa shape index (κ3) is 3.17. The molecule has 1 aliphatic rings. The number of sulfonamides is 1. The maximum Gasteiger partial charge on any atom is 0.244 e. The van der Waals surface area contributed by atoms with Gasteiger partial charge < -0.3 is 14.3 Å². The molecule has 7 heteroatoms. The van der Waals surface area contributed by atoms with Crippen LogP contribution >= 0.6 is 0 Å². The fourth-order valence-corrected chi connectivity index (χ4v) is 3.89. The van der Waals surface area contributed by atoms with Gasteiger partial charge in [0.2, 0.25) is 10.0 Å². The van der Waals surface area contributed by atoms with Crippen LogP contribution in [0.4, 0.5) is 0 Å². The van der Waals surface area contributed by atoms with Crippen LogP contribution in [0.3, 0.4) is 0 Å². The van der Waals surface area contributed by atoms with Crippen molar-refractivity contribution in [2.24, 2.45) is 0 Å². The summed E-state index contributed by atoms with van der Waals surface area (Å²) >= 11 is 0. The van der Waals surface area contributed by atoms with Crippen LogP contribution in [-0.2, 0) is 21.4 Å². The number of hydrogen-bond donors (Lipinski definition) is 2. The fourth-order valence-electron chi connectivity index (χ4n) is 2.26. The van der Waals surface area contributed by atoms with E-state index in [0.717, 1.165) is 12.8 Å². The number of rotatable bonds is 4. The second-order valence-electron chi connectivity index (χ2n) is 5.11. The van der Waals surface area contributed by atoms with Gasteiger partial charge in [-0.3, -0.25) is 0 Å². The van der Waals surface area contributed by atoms with Crippen LogP contribution in [0.25, 0.3) is 0 Å². The topological polar surface area (TPSA) is 88.8 Å². The molecule has 0 saturated carbocycles. The lowest BCUT2D eigenvalue weighted by Gasteiger charge is -2.33. The Balaban J connectivity index is 2.24. The molecule has 1 aliphatic heterocycles. The number of aliphatic hydroxyl groups excluding tert-OH is 1. The van der Waals surface area contributed by atoms with E-state index in [2.05, 4.69) is 4.72 Å². The molecule has 0 amide bonds. The largest absolute Gasteiger partial charge is 0.462 e. The van der Waals surface area contributed by atoms with Gasteiger partial charge in [-0.2, -0.15) is 0 Å². The molecule has 0 aromatic carbocycles. The van der Waals surface area contributed by atoms with Gasteiger partial charge in [-0.25, -0.2) is 13.1 Å². The van der Waals surface area contributed by atoms with Gasteiger partial charge in [-0.1, -0.05) is 0 Å². The fraction of sp³-hybridized carbons (Fsp3) is 0.667. The summed E-state index contributed by atoms with van der Waals surface area (Å²) in [5.74, 6) is 0.514. The van der Waals surface area contributed by atoms with E-state index in [1.54, 1.807) is 6.92 Å². The maximum absolute atomic E-state index is 12.3. The standard InChI is InChI=1S/C12H19NO5S/c1-9-11(6-10(7-14)18-9)19(15,16)13-12(2)4-3-5-17-8-12/h6,13-14H,3-5,7-8H2,1-2H3. The summed E-state index contributed by atoms with van der Waals surface area (Å²) in [5, 5.41) is 8.98. The quantitative estimate of drug-likeness (QED) is 0.860. The number of ether oxygens (including phenoxy) is 1. The normalized spacial score (nSPS) is 24.6. The number of hydrogen-bond acceptors (Lipinski definition) is 5. The Morgan fingerprint density at radius 3 is 2.79 bits per heavy atom. The number of nitrogens with one attached hydrogen (secondary N) is 1. The van der Waals surface area contributed by atoms with Crippen LogP contribution in [-0.4, -0.2) is 32.3 Å². The van der Waals surface area contributed by atoms with Gasteiger partial charge in [-0.05, 0) is 26.7 Å². The first-order chi connectivity index (χ1) is 8.86. The molecule has 0 aliphatic carbocycles. The Hall–Kier alpha value is -0.890. The molecular weight excluding hydrogens is 270 g/mol. The van der Waals surface area contributed by atoms with Crippen molar-refractivity contribution in [1.29, 1.82) is 0 Å². The van der Waals surface area contributed by atoms with Crippen molar-refractivity contribution in [2.45, 2.75) is 43.7 Å². The molecule has 19 heavy (non-hydrogen) atoms. The van der Waals surface area contributed by atoms with Crippen molar-refractivity contribution in [3.63, 3.8) is 0 Å². The summed E-state index contributed by atoms with van der Waals surface area (Å²) in [6, 6.07) is 1.35. The highest BCUT2D eigenvalue weighted by atomic mass is 32.2. The molecule has 2 heterocycles. The summed E-state index contributed by atoms with van der Waals surface area (Å²) in [6.45, 7) is 4.09. The third-order valence-electron chi connectivity index (χ3n) is 3.19. The lowest BCUT2D eigenvalue weighted by molar-refractivity contribution is 0.0386. The van der Waals surface area contributed by atoms with E-state index in [1.807, 2.05) is 6.92 Å². The summed E-state index contributed by atoms with van der Waals surface area (Å²) in [5.41, 5.74) is -0.597. The summed E-state index contributed by atoms with van der Waals surface area (Å²) in [7, 11) is -3.67. The molecule has 1 aromatic rings. The highest BCUT2D eigenvalue weighted by Gasteiger charge is 2.34. The monoisotopic (exact) mass is 289 g/mol. The zero-order valence-electron chi connectivity index (χ0n) is 11.1. The van der Waals surface area contributed by atoms with Crippen molar-refractivity contribution in [2.75, 3.05) is 13.2 Å². The van der Waals surface area contributed by atoms with Gasteiger partial charge in [0.15, 0.2) is 0 Å². The lowest BCUT2D eigenvalue weighted by atomic mass is 9.97. The Morgan fingerprint density at radius 1 is 1.53 bits per heavy atom. The van der Waals surface area contributed by atoms with Gasteiger partial charge in [-0.15, -0.1) is 0 Å². The molecule has 1 atom stereocenters. The molecule has 2 rings (SSSR count). The average Bonchev–Trinajstić information content (AvgIpc) is 2.71. The molecular formula is C12H19NO5S. The Morgan fingerprint density at radius 2 is 2.26 bits per heavy atom. The third-order valence-corrected chi connectivity index (χ3v) is 4.93. The molecule has 1 fully saturated rings. The second-order valence-corrected chi connectivity index (χ2v) is 6.76. The average molecular weight is 289 g/mol. The molecule has 6 nitrogen and oxygen atoms in total. The minimum Gasteiger partial charge on any atom is -0.462 e. The predicted molar refractivity (Wildman–Crippen MR) is 68.1 cm³/mol. The maximum atomic E-state index is 12.3. The molecule has 1 saturated heterocycles. The summed E-state index contributed by atoms with van der Waals surface area (Å²) in [4.78, 5) is 0.0725. The van der Waals surface area contributed by atoms with E-state index in [1.165, 1.54) is 6.07 Å². The highest BCUT2D eigenvalue weighted by Crippen LogP contribution is 2.25. The van der Waals surface area contributed by atoms with Crippen LogP contribution in [0.5, 0.6) is 0 Å². The zero-order valence-corrected chi connectivity index (χ0v) is 11.9. The Labute approximate surface area is 112 Å². The van der Waals surface area contributed by atoms with Crippen molar-refractivity contribution in [3.05, 3.63) is 17.6 Å². The van der Waals surface area contributed by atoms with Crippen LogP contribution < -0.4 is 4.72 Å². The highest BCUT2D eigenvalue weighted by molar-refractivity contribution is 7.89. The van der Waals surface area contributed by atoms with Crippen molar-refractivity contribution in [3.8, 4) is 0 Å². The van der Waals surface area contributed by atoms with Crippen molar-refractivity contribution < 1.29 is 22.7 Å². The predicted octanol–water partition coefficient (Wildman–Crippen LogP) is 0.928. The minimum absolute atomic E-state index is 0.0725. The van der Waals surface area contributed by atoms with Crippen molar-refractivity contribution >= 4 is 10.0 Å². The number of furan rings is 1. The van der Waals surface area contributed by atoms with Crippen LogP contribution in [0.2, 0.25) is 0 Å². The number of aliphatic hydroxyl groups is 1. The van der Waals surface area contributed by atoms with Gasteiger partial charge in [0.1, 0.15) is 23.0 Å². The molecule has 1 unspecified atom stereocenters. The summed E-state index contributed by atoms with van der Waals surface area (Å²) in [6.07, 6.45) is 1.56. The first-order valence-corrected chi connectivity index (χ1v) is 7.66. The molecule has 0 spiro atoms. The Kier molecular flexibility index (Phi) is 4.00. The molecule has 0 radical (unpaired) electrons. The molecule has 108 valence electrons. The van der Waals surface area contributed by atoms with E-state index < -0.39 is 15.6 Å². The first-order valence-electron chi connectivity index (χ1n) is 6.18. The molecule has 2 N–H and O–H groups in total. The smallest absolute Gasteiger partial charge is 0.244 e. The first kappa shape index (κ1) is 14.5. The second kappa shape index (κ2) is 5.24. The molecule has 1 aromatic heterocycles. The van der Waals surface area contributed by atoms with Gasteiger partial charge in [0.05, 0.1) is 12.1 Å². The van der Waals surface area contributed by atoms with E-state index in [0.29, 0.717) is 13.2 Å². The Bertz CT molecular complexity index is 542. The van der Waals surface area contributed by atoms with Crippen LogP contribution in [0.1, 0.15) is 31.3 Å². The zero-order chi connectivity index (χ0) is 14.1. The van der Waals surface area contributed by atoms with Gasteiger partial charge >= 0.3 is 0 Å². The number of aryl methyl sites for hydroxylation is 1. The van der Waals surface area contributed by atoms with Gasteiger partial charge in [0, 0.05) is 12.7 Å².